The summed E-state index contributed by atoms with van der Waals surface area (Å²) in [4.78, 5) is 11.9. The summed E-state index contributed by atoms with van der Waals surface area (Å²) in [6, 6.07) is 21.4. The van der Waals surface area contributed by atoms with Gasteiger partial charge in [0.05, 0.1) is 0 Å². The molecule has 3 heteroatoms. The fourth-order valence-electron chi connectivity index (χ4n) is 4.42. The molecule has 0 spiro atoms. The molecule has 148 valence electrons. The molecule has 0 radical (unpaired) electrons. The molecule has 3 rings (SSSR count). The van der Waals surface area contributed by atoms with Crippen LogP contribution < -0.4 is 10.4 Å². The molecule has 0 fully saturated rings. The predicted octanol–water partition coefficient (Wildman–Crippen LogP) is 4.73. The highest BCUT2D eigenvalue weighted by Gasteiger charge is 2.51. The standard InChI is InChI=1S/C25H32O2Si/c1-24(2,3)28(22-14-7-5-8-15-22,23-16-9-6-10-17-23)27-19-21-13-11-12-18-25(21,4)20-26/h5-12,14-17,20-21H,13,18-19H2,1-4H3/t21-,25-/m0/s1. The lowest BCUT2D eigenvalue weighted by atomic mass is 9.72. The molecule has 1 aliphatic rings. The first-order chi connectivity index (χ1) is 13.3. The molecule has 2 nitrogen and oxygen atoms in total. The van der Waals surface area contributed by atoms with Gasteiger partial charge in [-0.25, -0.2) is 0 Å². The Labute approximate surface area is 170 Å². The van der Waals surface area contributed by atoms with Gasteiger partial charge in [-0.3, -0.25) is 0 Å². The van der Waals surface area contributed by atoms with Crippen LogP contribution in [0.25, 0.3) is 0 Å². The molecule has 2 aromatic rings. The van der Waals surface area contributed by atoms with Gasteiger partial charge >= 0.3 is 0 Å². The number of rotatable bonds is 6. The predicted molar refractivity (Wildman–Crippen MR) is 120 cm³/mol. The Morgan fingerprint density at radius 1 is 1.00 bits per heavy atom. The maximum atomic E-state index is 11.9. The van der Waals surface area contributed by atoms with E-state index >= 15 is 0 Å². The number of carbonyl (C=O) groups is 1. The summed E-state index contributed by atoms with van der Waals surface area (Å²) in [5, 5.41) is 2.53. The van der Waals surface area contributed by atoms with Crippen molar-refractivity contribution in [2.75, 3.05) is 6.61 Å². The van der Waals surface area contributed by atoms with Crippen LogP contribution in [0.1, 0.15) is 40.5 Å². The summed E-state index contributed by atoms with van der Waals surface area (Å²) in [7, 11) is -2.55. The first-order valence-corrected chi connectivity index (χ1v) is 12.1. The highest BCUT2D eigenvalue weighted by molar-refractivity contribution is 6.99. The van der Waals surface area contributed by atoms with Gasteiger partial charge in [-0.15, -0.1) is 0 Å². The molecule has 28 heavy (non-hydrogen) atoms. The van der Waals surface area contributed by atoms with Gasteiger partial charge in [0.25, 0.3) is 8.32 Å². The first kappa shape index (κ1) is 20.8. The molecule has 0 saturated heterocycles. The molecule has 0 amide bonds. The molecule has 2 atom stereocenters. The van der Waals surface area contributed by atoms with E-state index in [9.17, 15) is 4.79 Å². The van der Waals surface area contributed by atoms with E-state index in [2.05, 4.69) is 101 Å². The van der Waals surface area contributed by atoms with Crippen molar-refractivity contribution >= 4 is 25.0 Å². The molecule has 0 saturated carbocycles. The third-order valence-electron chi connectivity index (χ3n) is 6.26. The van der Waals surface area contributed by atoms with E-state index in [0.717, 1.165) is 19.1 Å². The molecule has 2 aromatic carbocycles. The second kappa shape index (κ2) is 8.18. The van der Waals surface area contributed by atoms with Crippen LogP contribution in [0.2, 0.25) is 5.04 Å². The number of hydrogen-bond acceptors (Lipinski definition) is 2. The van der Waals surface area contributed by atoms with Crippen LogP contribution in [0.15, 0.2) is 72.8 Å². The maximum absolute atomic E-state index is 11.9. The molecule has 0 aromatic heterocycles. The van der Waals surface area contributed by atoms with E-state index in [1.54, 1.807) is 0 Å². The van der Waals surface area contributed by atoms with Gasteiger partial charge in [0.2, 0.25) is 0 Å². The minimum absolute atomic E-state index is 0.0439. The number of carbonyl (C=O) groups excluding carboxylic acids is 1. The van der Waals surface area contributed by atoms with Crippen molar-refractivity contribution < 1.29 is 9.22 Å². The second-order valence-corrected chi connectivity index (χ2v) is 13.5. The highest BCUT2D eigenvalue weighted by atomic mass is 28.4. The smallest absolute Gasteiger partial charge is 0.261 e. The zero-order chi connectivity index (χ0) is 20.3. The molecular weight excluding hydrogens is 360 g/mol. The van der Waals surface area contributed by atoms with E-state index in [4.69, 9.17) is 4.43 Å². The number of hydrogen-bond donors (Lipinski definition) is 0. The second-order valence-electron chi connectivity index (χ2n) is 9.21. The van der Waals surface area contributed by atoms with Crippen LogP contribution in [-0.4, -0.2) is 21.2 Å². The fraction of sp³-hybridized carbons (Fsp3) is 0.400. The van der Waals surface area contributed by atoms with Crippen LogP contribution in [0.4, 0.5) is 0 Å². The number of allylic oxidation sites excluding steroid dienone is 2. The number of aldehydes is 1. The molecule has 0 heterocycles. The third-order valence-corrected chi connectivity index (χ3v) is 11.3. The largest absolute Gasteiger partial charge is 0.407 e. The van der Waals surface area contributed by atoms with Gasteiger partial charge < -0.3 is 9.22 Å². The summed E-state index contributed by atoms with van der Waals surface area (Å²) in [5.41, 5.74) is -0.347. The summed E-state index contributed by atoms with van der Waals surface area (Å²) in [6.45, 7) is 9.55. The van der Waals surface area contributed by atoms with E-state index in [1.165, 1.54) is 10.4 Å². The zero-order valence-corrected chi connectivity index (χ0v) is 18.5. The van der Waals surface area contributed by atoms with Crippen molar-refractivity contribution in [3.8, 4) is 0 Å². The van der Waals surface area contributed by atoms with Gasteiger partial charge in [0.1, 0.15) is 6.29 Å². The van der Waals surface area contributed by atoms with Crippen LogP contribution in [0, 0.1) is 11.3 Å². The molecule has 1 aliphatic carbocycles. The zero-order valence-electron chi connectivity index (χ0n) is 17.5. The Morgan fingerprint density at radius 2 is 1.54 bits per heavy atom. The van der Waals surface area contributed by atoms with Gasteiger partial charge in [0.15, 0.2) is 0 Å². The van der Waals surface area contributed by atoms with Crippen LogP contribution in [0.3, 0.4) is 0 Å². The topological polar surface area (TPSA) is 26.3 Å². The van der Waals surface area contributed by atoms with Crippen molar-refractivity contribution in [1.29, 1.82) is 0 Å². The highest BCUT2D eigenvalue weighted by Crippen LogP contribution is 2.40. The fourth-order valence-corrected chi connectivity index (χ4v) is 9.03. The minimum atomic E-state index is -2.55. The summed E-state index contributed by atoms with van der Waals surface area (Å²) in [6.07, 6.45) is 7.16. The lowest BCUT2D eigenvalue weighted by Gasteiger charge is -2.45. The Hall–Kier alpha value is -1.97. The normalized spacial score (nSPS) is 22.8. The first-order valence-electron chi connectivity index (χ1n) is 10.2. The lowest BCUT2D eigenvalue weighted by Crippen LogP contribution is -2.67. The average molecular weight is 393 g/mol. The Morgan fingerprint density at radius 3 is 2.00 bits per heavy atom. The number of benzene rings is 2. The molecular formula is C25H32O2Si. The molecule has 0 unspecified atom stereocenters. The minimum Gasteiger partial charge on any atom is -0.407 e. The van der Waals surface area contributed by atoms with Crippen molar-refractivity contribution in [1.82, 2.24) is 0 Å². The maximum Gasteiger partial charge on any atom is 0.261 e. The summed E-state index contributed by atoms with van der Waals surface area (Å²) < 4.78 is 7.05. The average Bonchev–Trinajstić information content (AvgIpc) is 2.70. The Balaban J connectivity index is 2.06. The van der Waals surface area contributed by atoms with Crippen molar-refractivity contribution in [3.05, 3.63) is 72.8 Å². The monoisotopic (exact) mass is 392 g/mol. The van der Waals surface area contributed by atoms with Crippen molar-refractivity contribution in [2.45, 2.75) is 45.6 Å². The van der Waals surface area contributed by atoms with Crippen molar-refractivity contribution in [2.24, 2.45) is 11.3 Å². The molecule has 0 bridgehead atoms. The third kappa shape index (κ3) is 3.78. The van der Waals surface area contributed by atoms with Crippen molar-refractivity contribution in [3.63, 3.8) is 0 Å². The van der Waals surface area contributed by atoms with E-state index < -0.39 is 8.32 Å². The summed E-state index contributed by atoms with van der Waals surface area (Å²) >= 11 is 0. The molecule has 0 N–H and O–H groups in total. The van der Waals surface area contributed by atoms with Gasteiger partial charge in [-0.1, -0.05) is 101 Å². The van der Waals surface area contributed by atoms with E-state index in [-0.39, 0.29) is 16.4 Å². The van der Waals surface area contributed by atoms with E-state index in [0.29, 0.717) is 6.61 Å². The molecule has 0 aliphatic heterocycles. The van der Waals surface area contributed by atoms with E-state index in [1.807, 2.05) is 0 Å². The van der Waals surface area contributed by atoms with Gasteiger partial charge in [0, 0.05) is 12.0 Å². The summed E-state index contributed by atoms with van der Waals surface area (Å²) in [5.74, 6) is 0.205. The van der Waals surface area contributed by atoms with Gasteiger partial charge in [-0.05, 0) is 34.2 Å². The quantitative estimate of drug-likeness (QED) is 0.403. The SMILES string of the molecule is CC(C)(C)[Si](OC[C@@H]1CC=CC[C@@]1(C)C=O)(c1ccccc1)c1ccccc1. The Kier molecular flexibility index (Phi) is 6.06. The lowest BCUT2D eigenvalue weighted by molar-refractivity contribution is -0.119. The Bertz CT molecular complexity index is 768. The van der Waals surface area contributed by atoms with Crippen LogP contribution >= 0.6 is 0 Å². The van der Waals surface area contributed by atoms with Gasteiger partial charge in [-0.2, -0.15) is 0 Å². The van der Waals surface area contributed by atoms with Crippen LogP contribution in [-0.2, 0) is 9.22 Å². The van der Waals surface area contributed by atoms with Crippen LogP contribution in [0.5, 0.6) is 0 Å².